The van der Waals surface area contributed by atoms with Crippen LogP contribution in [-0.4, -0.2) is 137 Å². The summed E-state index contributed by atoms with van der Waals surface area (Å²) in [5, 5.41) is 13.9. The summed E-state index contributed by atoms with van der Waals surface area (Å²) in [5.74, 6) is 0. The summed E-state index contributed by atoms with van der Waals surface area (Å²) in [4.78, 5) is 8.56. The van der Waals surface area contributed by atoms with E-state index < -0.39 is 16.6 Å². The monoisotopic (exact) mass is 386 g/mol. The van der Waals surface area contributed by atoms with E-state index >= 15 is 0 Å². The third-order valence-electron chi connectivity index (χ3n) is 0. The van der Waals surface area contributed by atoms with Crippen molar-refractivity contribution in [3.05, 3.63) is 0 Å². The van der Waals surface area contributed by atoms with Crippen LogP contribution in [0.15, 0.2) is 0 Å². The topological polar surface area (TPSA) is 149 Å². The zero-order chi connectivity index (χ0) is 10.1. The molecular weight excluding hydrogens is 376 g/mol. The van der Waals surface area contributed by atoms with Crippen LogP contribution in [-0.2, 0) is 14.2 Å². The molecule has 0 aromatic heterocycles. The maximum atomic E-state index is 8.74. The van der Waals surface area contributed by atoms with Crippen molar-refractivity contribution < 1.29 is 36.3 Å². The van der Waals surface area contributed by atoms with Crippen LogP contribution in [0, 0.1) is 0 Å². The number of rotatable bonds is 0. The van der Waals surface area contributed by atoms with Crippen molar-refractivity contribution in [3.63, 3.8) is 0 Å². The fourth-order valence-electron chi connectivity index (χ4n) is 0. The van der Waals surface area contributed by atoms with E-state index in [0.29, 0.717) is 16.2 Å². The Morgan fingerprint density at radius 3 is 1.08 bits per heavy atom. The molecule has 0 amide bonds. The molecule has 0 saturated carbocycles. The SMILES string of the molecule is O=C(O)O.O=S(=O)(O)O.[BaH2].[CaH2].[O]=[AlH]. The Morgan fingerprint density at radius 1 is 1.08 bits per heavy atom. The predicted molar refractivity (Wildman–Crippen MR) is 49.8 cm³/mol. The molecule has 0 spiro atoms. The molecule has 0 aliphatic rings. The van der Waals surface area contributed by atoms with E-state index in [9.17, 15) is 0 Å². The van der Waals surface area contributed by atoms with E-state index in [4.69, 9.17) is 36.3 Å². The Hall–Kier alpha value is 2.30. The standard InChI is InChI=1S/CH2O3.Al.Ba.Ca.H2O4S.O.5H/c2-1(3)4;;;;1-5(2,3)4;;;;;;/h(H2,2,3,4);;;;(H2,1,2,3,4);;;;;;. The van der Waals surface area contributed by atoms with E-state index in [-0.39, 0.29) is 86.6 Å². The van der Waals surface area contributed by atoms with Crippen LogP contribution in [0.5, 0.6) is 0 Å². The van der Waals surface area contributed by atoms with Crippen LogP contribution in [0.25, 0.3) is 0 Å². The van der Waals surface area contributed by atoms with Crippen molar-refractivity contribution >= 4 is 119 Å². The fourth-order valence-corrected chi connectivity index (χ4v) is 0. The molecule has 0 rings (SSSR count). The van der Waals surface area contributed by atoms with Gasteiger partial charge in [-0.15, -0.1) is 0 Å². The summed E-state index contributed by atoms with van der Waals surface area (Å²) in [6.45, 7) is 0. The second-order valence-corrected chi connectivity index (χ2v) is 1.63. The second-order valence-electron chi connectivity index (χ2n) is 0.730. The third-order valence-corrected chi connectivity index (χ3v) is 0. The molecule has 0 aromatic rings. The van der Waals surface area contributed by atoms with Crippen molar-refractivity contribution in [1.82, 2.24) is 0 Å². The quantitative estimate of drug-likeness (QED) is 0.254. The van der Waals surface area contributed by atoms with E-state index in [1.165, 1.54) is 0 Å². The molecule has 8 nitrogen and oxygen atoms in total. The summed E-state index contributed by atoms with van der Waals surface area (Å²) >= 11 is 0.611. The molecule has 0 saturated heterocycles. The van der Waals surface area contributed by atoms with Gasteiger partial charge >= 0.3 is 123 Å². The zero-order valence-electron chi connectivity index (χ0n) is 5.04. The molecule has 0 aliphatic carbocycles. The van der Waals surface area contributed by atoms with Gasteiger partial charge in [-0.2, -0.15) is 8.42 Å². The van der Waals surface area contributed by atoms with Crippen LogP contribution in [0.4, 0.5) is 4.79 Å². The molecule has 4 N–H and O–H groups in total. The molecule has 0 bridgehead atoms. The molecule has 13 heavy (non-hydrogen) atoms. The van der Waals surface area contributed by atoms with Crippen molar-refractivity contribution in [2.75, 3.05) is 0 Å². The van der Waals surface area contributed by atoms with E-state index in [2.05, 4.69) is 0 Å². The first kappa shape index (κ1) is 29.5. The van der Waals surface area contributed by atoms with Crippen molar-refractivity contribution in [2.45, 2.75) is 0 Å². The average molecular weight is 386 g/mol. The van der Waals surface area contributed by atoms with E-state index in [0.717, 1.165) is 0 Å². The normalized spacial score (nSPS) is 6.54. The molecule has 74 valence electrons. The van der Waals surface area contributed by atoms with Gasteiger partial charge in [0.25, 0.3) is 0 Å². The minimum atomic E-state index is -4.67. The van der Waals surface area contributed by atoms with Crippen LogP contribution in [0.1, 0.15) is 0 Å². The Kier molecular flexibility index (Phi) is 44.9. The maximum absolute atomic E-state index is 8.74. The van der Waals surface area contributed by atoms with Gasteiger partial charge in [-0.3, -0.25) is 9.11 Å². The molecular formula is CH9AlBaCaO8S. The number of hydrogen-bond donors (Lipinski definition) is 4. The van der Waals surface area contributed by atoms with Crippen LogP contribution >= 0.6 is 0 Å². The van der Waals surface area contributed by atoms with E-state index in [1.807, 2.05) is 0 Å². The molecule has 0 radical (unpaired) electrons. The van der Waals surface area contributed by atoms with Crippen molar-refractivity contribution in [2.24, 2.45) is 0 Å². The van der Waals surface area contributed by atoms with Gasteiger partial charge in [0.15, 0.2) is 0 Å². The number of carbonyl (C=O) groups is 1. The van der Waals surface area contributed by atoms with Crippen LogP contribution in [0.3, 0.4) is 0 Å². The Labute approximate surface area is 152 Å². The molecule has 12 heteroatoms. The zero-order valence-corrected chi connectivity index (χ0v) is 7.27. The predicted octanol–water partition coefficient (Wildman–Crippen LogP) is -3.03. The molecule has 0 aromatic carbocycles. The Balaban J connectivity index is -0.0000000246. The Morgan fingerprint density at radius 2 is 1.08 bits per heavy atom. The average Bonchev–Trinajstić information content (AvgIpc) is 1.63. The third kappa shape index (κ3) is 408. The first-order chi connectivity index (χ1) is 4.73. The number of carboxylic acid groups (broad SMARTS) is 2. The van der Waals surface area contributed by atoms with Gasteiger partial charge in [-0.05, 0) is 0 Å². The van der Waals surface area contributed by atoms with Gasteiger partial charge in [0.2, 0.25) is 0 Å². The van der Waals surface area contributed by atoms with Gasteiger partial charge in [0.1, 0.15) is 0 Å². The van der Waals surface area contributed by atoms with Crippen molar-refractivity contribution in [1.29, 1.82) is 0 Å². The summed E-state index contributed by atoms with van der Waals surface area (Å²) in [6, 6.07) is 0. The molecule has 0 fully saturated rings. The molecule has 0 atom stereocenters. The summed E-state index contributed by atoms with van der Waals surface area (Å²) < 4.78 is 39.9. The van der Waals surface area contributed by atoms with Crippen LogP contribution in [0.2, 0.25) is 0 Å². The summed E-state index contributed by atoms with van der Waals surface area (Å²) in [7, 11) is -4.67. The van der Waals surface area contributed by atoms with Gasteiger partial charge in [-0.25, -0.2) is 4.79 Å². The fraction of sp³-hybridized carbons (Fsp3) is 0. The van der Waals surface area contributed by atoms with Crippen molar-refractivity contribution in [3.8, 4) is 0 Å². The Bertz CT molecular complexity index is 178. The minimum absolute atomic E-state index is 0. The first-order valence-corrected chi connectivity index (χ1v) is 3.61. The summed E-state index contributed by atoms with van der Waals surface area (Å²) in [6.07, 6.45) is -1.83. The van der Waals surface area contributed by atoms with Gasteiger partial charge < -0.3 is 10.2 Å². The van der Waals surface area contributed by atoms with E-state index in [1.54, 1.807) is 0 Å². The number of hydrogen-bond acceptors (Lipinski definition) is 4. The van der Waals surface area contributed by atoms with Gasteiger partial charge in [-0.1, -0.05) is 0 Å². The summed E-state index contributed by atoms with van der Waals surface area (Å²) in [5.41, 5.74) is 0. The first-order valence-electron chi connectivity index (χ1n) is 1.64. The van der Waals surface area contributed by atoms with Gasteiger partial charge in [0, 0.05) is 0 Å². The molecule has 0 heterocycles. The van der Waals surface area contributed by atoms with Crippen LogP contribution < -0.4 is 0 Å². The van der Waals surface area contributed by atoms with Gasteiger partial charge in [0.05, 0.1) is 0 Å². The molecule has 0 unspecified atom stereocenters. The second kappa shape index (κ2) is 19.8. The molecule has 0 aliphatic heterocycles.